The molecule has 2 rings (SSSR count). The van der Waals surface area contributed by atoms with E-state index >= 15 is 0 Å². The number of carbonyl (C=O) groups excluding carboxylic acids is 3. The fraction of sp³-hybridized carbons (Fsp3) is 0.350. The Kier molecular flexibility index (Phi) is 8.02. The lowest BCUT2D eigenvalue weighted by atomic mass is 10.0. The summed E-state index contributed by atoms with van der Waals surface area (Å²) in [6.07, 6.45) is 0. The number of amides is 2. The van der Waals surface area contributed by atoms with Crippen LogP contribution in [0.1, 0.15) is 23.5 Å². The maximum atomic E-state index is 12.4. The van der Waals surface area contributed by atoms with Gasteiger partial charge in [0.1, 0.15) is 6.04 Å². The largest absolute Gasteiger partial charge is 0.493 e. The maximum Gasteiger partial charge on any atom is 0.329 e. The van der Waals surface area contributed by atoms with Gasteiger partial charge in [0.05, 0.1) is 19.1 Å². The number of thiophene rings is 1. The van der Waals surface area contributed by atoms with E-state index in [0.29, 0.717) is 22.1 Å². The minimum absolute atomic E-state index is 0.208. The van der Waals surface area contributed by atoms with Crippen molar-refractivity contribution in [2.45, 2.75) is 19.9 Å². The van der Waals surface area contributed by atoms with Crippen LogP contribution in [0, 0.1) is 5.92 Å². The zero-order chi connectivity index (χ0) is 21.4. The van der Waals surface area contributed by atoms with Gasteiger partial charge in [-0.25, -0.2) is 4.79 Å². The van der Waals surface area contributed by atoms with Gasteiger partial charge in [0.15, 0.2) is 18.1 Å². The van der Waals surface area contributed by atoms with Crippen molar-refractivity contribution >= 4 is 34.8 Å². The molecule has 9 heteroatoms. The van der Waals surface area contributed by atoms with Crippen LogP contribution in [-0.4, -0.2) is 44.7 Å². The molecule has 0 bridgehead atoms. The number of ether oxygens (including phenoxy) is 3. The molecule has 0 spiro atoms. The molecule has 0 saturated heterocycles. The van der Waals surface area contributed by atoms with E-state index in [1.165, 1.54) is 25.6 Å². The number of nitrogens with one attached hydrogen (secondary N) is 2. The summed E-state index contributed by atoms with van der Waals surface area (Å²) >= 11 is 1.27. The fourth-order valence-electron chi connectivity index (χ4n) is 2.46. The molecule has 2 aromatic rings. The molecule has 8 nitrogen and oxygen atoms in total. The molecular formula is C20H24N2O6S. The first-order valence-corrected chi connectivity index (χ1v) is 9.76. The SMILES string of the molecule is COc1ccc(NC(=O)COC(=O)[C@@H](NC(=O)c2cccs2)C(C)C)cc1OC. The van der Waals surface area contributed by atoms with Gasteiger partial charge in [0.25, 0.3) is 11.8 Å². The topological polar surface area (TPSA) is 103 Å². The summed E-state index contributed by atoms with van der Waals surface area (Å²) in [5, 5.41) is 7.05. The summed E-state index contributed by atoms with van der Waals surface area (Å²) in [5.74, 6) is -0.771. The minimum atomic E-state index is -0.863. The van der Waals surface area contributed by atoms with Crippen molar-refractivity contribution in [3.8, 4) is 11.5 Å². The molecule has 0 fully saturated rings. The molecule has 156 valence electrons. The number of carbonyl (C=O) groups is 3. The molecule has 1 aromatic heterocycles. The Hall–Kier alpha value is -3.07. The molecular weight excluding hydrogens is 396 g/mol. The fourth-order valence-corrected chi connectivity index (χ4v) is 3.08. The van der Waals surface area contributed by atoms with Crippen LogP contribution in [0.15, 0.2) is 35.7 Å². The Morgan fingerprint density at radius 2 is 1.79 bits per heavy atom. The molecule has 1 aromatic carbocycles. The molecule has 29 heavy (non-hydrogen) atoms. The standard InChI is InChI=1S/C20H24N2O6S/c1-12(2)18(22-19(24)16-6-5-9-29-16)20(25)28-11-17(23)21-13-7-8-14(26-3)15(10-13)27-4/h5-10,12,18H,11H2,1-4H3,(H,21,23)(H,22,24)/t18-/m0/s1. The van der Waals surface area contributed by atoms with Crippen molar-refractivity contribution in [1.29, 1.82) is 0 Å². The Labute approximate surface area is 173 Å². The maximum absolute atomic E-state index is 12.4. The summed E-state index contributed by atoms with van der Waals surface area (Å²) in [6.45, 7) is 3.08. The van der Waals surface area contributed by atoms with Crippen LogP contribution < -0.4 is 20.1 Å². The Bertz CT molecular complexity index is 851. The smallest absolute Gasteiger partial charge is 0.329 e. The summed E-state index contributed by atoms with van der Waals surface area (Å²) in [7, 11) is 3.00. The van der Waals surface area contributed by atoms with Crippen LogP contribution >= 0.6 is 11.3 Å². The van der Waals surface area contributed by atoms with E-state index in [2.05, 4.69) is 10.6 Å². The number of methoxy groups -OCH3 is 2. The van der Waals surface area contributed by atoms with Crippen molar-refractivity contribution < 1.29 is 28.6 Å². The van der Waals surface area contributed by atoms with Gasteiger partial charge >= 0.3 is 5.97 Å². The number of benzene rings is 1. The van der Waals surface area contributed by atoms with E-state index in [9.17, 15) is 14.4 Å². The first-order chi connectivity index (χ1) is 13.8. The van der Waals surface area contributed by atoms with Crippen molar-refractivity contribution in [3.05, 3.63) is 40.6 Å². The number of hydrogen-bond donors (Lipinski definition) is 2. The molecule has 0 saturated carbocycles. The van der Waals surface area contributed by atoms with Gasteiger partial charge in [-0.2, -0.15) is 0 Å². The summed E-state index contributed by atoms with van der Waals surface area (Å²) < 4.78 is 15.4. The second-order valence-electron chi connectivity index (χ2n) is 6.40. The average Bonchev–Trinajstić information content (AvgIpc) is 3.24. The van der Waals surface area contributed by atoms with E-state index < -0.39 is 24.5 Å². The van der Waals surface area contributed by atoms with E-state index in [1.54, 1.807) is 49.6 Å². The molecule has 0 unspecified atom stereocenters. The first kappa shape index (κ1) is 22.2. The van der Waals surface area contributed by atoms with E-state index in [4.69, 9.17) is 14.2 Å². The second-order valence-corrected chi connectivity index (χ2v) is 7.35. The summed E-state index contributed by atoms with van der Waals surface area (Å²) in [6, 6.07) is 7.43. The molecule has 0 aliphatic rings. The van der Waals surface area contributed by atoms with Gasteiger partial charge in [-0.3, -0.25) is 9.59 Å². The Morgan fingerprint density at radius 1 is 1.07 bits per heavy atom. The minimum Gasteiger partial charge on any atom is -0.493 e. The predicted molar refractivity (Wildman–Crippen MR) is 110 cm³/mol. The van der Waals surface area contributed by atoms with Crippen LogP contribution in [0.2, 0.25) is 0 Å². The van der Waals surface area contributed by atoms with Crippen molar-refractivity contribution in [2.75, 3.05) is 26.1 Å². The third kappa shape index (κ3) is 6.21. The zero-order valence-electron chi connectivity index (χ0n) is 16.7. The summed E-state index contributed by atoms with van der Waals surface area (Å²) in [4.78, 5) is 37.2. The quantitative estimate of drug-likeness (QED) is 0.605. The van der Waals surface area contributed by atoms with Crippen LogP contribution in [0.3, 0.4) is 0 Å². The molecule has 2 N–H and O–H groups in total. The van der Waals surface area contributed by atoms with Crippen molar-refractivity contribution in [1.82, 2.24) is 5.32 Å². The zero-order valence-corrected chi connectivity index (χ0v) is 17.5. The number of hydrogen-bond acceptors (Lipinski definition) is 7. The number of rotatable bonds is 9. The average molecular weight is 420 g/mol. The highest BCUT2D eigenvalue weighted by atomic mass is 32.1. The van der Waals surface area contributed by atoms with Gasteiger partial charge in [-0.05, 0) is 29.5 Å². The predicted octanol–water partition coefficient (Wildman–Crippen LogP) is 2.70. The van der Waals surface area contributed by atoms with Gasteiger partial charge in [0, 0.05) is 11.8 Å². The van der Waals surface area contributed by atoms with Gasteiger partial charge in [-0.15, -0.1) is 11.3 Å². The Morgan fingerprint density at radius 3 is 2.38 bits per heavy atom. The highest BCUT2D eigenvalue weighted by Crippen LogP contribution is 2.29. The highest BCUT2D eigenvalue weighted by Gasteiger charge is 2.27. The molecule has 0 radical (unpaired) electrons. The molecule has 2 amide bonds. The first-order valence-electron chi connectivity index (χ1n) is 8.88. The van der Waals surface area contributed by atoms with Crippen LogP contribution in [0.4, 0.5) is 5.69 Å². The number of anilines is 1. The summed E-state index contributed by atoms with van der Waals surface area (Å²) in [5.41, 5.74) is 0.468. The lowest BCUT2D eigenvalue weighted by Crippen LogP contribution is -2.45. The lowest BCUT2D eigenvalue weighted by Gasteiger charge is -2.20. The highest BCUT2D eigenvalue weighted by molar-refractivity contribution is 7.12. The van der Waals surface area contributed by atoms with Crippen LogP contribution in [0.25, 0.3) is 0 Å². The van der Waals surface area contributed by atoms with Crippen molar-refractivity contribution in [3.63, 3.8) is 0 Å². The van der Waals surface area contributed by atoms with Gasteiger partial charge < -0.3 is 24.8 Å². The third-order valence-electron chi connectivity index (χ3n) is 3.96. The van der Waals surface area contributed by atoms with Gasteiger partial charge in [-0.1, -0.05) is 19.9 Å². The lowest BCUT2D eigenvalue weighted by molar-refractivity contribution is -0.150. The van der Waals surface area contributed by atoms with Crippen molar-refractivity contribution in [2.24, 2.45) is 5.92 Å². The molecule has 0 aliphatic carbocycles. The van der Waals surface area contributed by atoms with E-state index in [0.717, 1.165) is 0 Å². The Balaban J connectivity index is 1.92. The molecule has 0 aliphatic heterocycles. The molecule has 1 atom stereocenters. The van der Waals surface area contributed by atoms with E-state index in [-0.39, 0.29) is 11.8 Å². The second kappa shape index (κ2) is 10.5. The normalized spacial score (nSPS) is 11.5. The van der Waals surface area contributed by atoms with E-state index in [1.807, 2.05) is 0 Å². The number of esters is 1. The monoisotopic (exact) mass is 420 g/mol. The molecule has 1 heterocycles. The third-order valence-corrected chi connectivity index (χ3v) is 4.83. The van der Waals surface area contributed by atoms with Gasteiger partial charge in [0.2, 0.25) is 0 Å². The van der Waals surface area contributed by atoms with Crippen LogP contribution in [-0.2, 0) is 14.3 Å². The van der Waals surface area contributed by atoms with Crippen LogP contribution in [0.5, 0.6) is 11.5 Å².